The van der Waals surface area contributed by atoms with E-state index in [9.17, 15) is 9.18 Å². The minimum Gasteiger partial charge on any atom is -0.490 e. The van der Waals surface area contributed by atoms with Gasteiger partial charge in [-0.15, -0.1) is 0 Å². The smallest absolute Gasteiger partial charge is 0.275 e. The van der Waals surface area contributed by atoms with Gasteiger partial charge in [0.1, 0.15) is 29.2 Å². The summed E-state index contributed by atoms with van der Waals surface area (Å²) < 4.78 is 24.1. The maximum Gasteiger partial charge on any atom is 0.275 e. The highest BCUT2D eigenvalue weighted by Crippen LogP contribution is 2.20. The van der Waals surface area contributed by atoms with Crippen molar-refractivity contribution in [2.75, 3.05) is 18.5 Å². The summed E-state index contributed by atoms with van der Waals surface area (Å²) in [7, 11) is 0. The second-order valence-corrected chi connectivity index (χ2v) is 5.57. The van der Waals surface area contributed by atoms with Gasteiger partial charge in [0.25, 0.3) is 5.91 Å². The monoisotopic (exact) mass is 331 g/mol. The van der Waals surface area contributed by atoms with Crippen molar-refractivity contribution in [2.45, 2.75) is 25.9 Å². The summed E-state index contributed by atoms with van der Waals surface area (Å²) in [6.45, 7) is 3.15. The summed E-state index contributed by atoms with van der Waals surface area (Å²) in [5.74, 6) is -0.0216. The molecule has 1 saturated heterocycles. The van der Waals surface area contributed by atoms with Crippen LogP contribution in [-0.2, 0) is 4.74 Å². The molecule has 0 unspecified atom stereocenters. The number of rotatable bonds is 4. The fourth-order valence-electron chi connectivity index (χ4n) is 2.44. The number of anilines is 1. The predicted octanol–water partition coefficient (Wildman–Crippen LogP) is 2.73. The molecule has 1 amide bonds. The second-order valence-electron chi connectivity index (χ2n) is 5.57. The number of amides is 1. The zero-order valence-corrected chi connectivity index (χ0v) is 13.3. The summed E-state index contributed by atoms with van der Waals surface area (Å²) in [6.07, 6.45) is 2.76. The SMILES string of the molecule is Cc1cc(OC2CCOCC2)cc(C(=O)Nc2ccc(F)cn2)n1. The van der Waals surface area contributed by atoms with Gasteiger partial charge in [-0.25, -0.2) is 14.4 Å². The zero-order valence-electron chi connectivity index (χ0n) is 13.3. The molecule has 0 saturated carbocycles. The number of aromatic nitrogens is 2. The van der Waals surface area contributed by atoms with Crippen LogP contribution in [0.5, 0.6) is 5.75 Å². The van der Waals surface area contributed by atoms with Gasteiger partial charge < -0.3 is 14.8 Å². The Kier molecular flexibility index (Phi) is 5.00. The number of nitrogens with one attached hydrogen (secondary N) is 1. The van der Waals surface area contributed by atoms with Gasteiger partial charge >= 0.3 is 0 Å². The van der Waals surface area contributed by atoms with Crippen molar-refractivity contribution < 1.29 is 18.7 Å². The number of ether oxygens (including phenoxy) is 2. The standard InChI is InChI=1S/C17H18FN3O3/c1-11-8-14(24-13-4-6-23-7-5-13)9-15(20-11)17(22)21-16-3-2-12(18)10-19-16/h2-3,8-10,13H,4-7H2,1H3,(H,19,21,22). The molecule has 0 radical (unpaired) electrons. The predicted molar refractivity (Wildman–Crippen MR) is 85.6 cm³/mol. The first kappa shape index (κ1) is 16.3. The molecule has 1 aliphatic rings. The largest absolute Gasteiger partial charge is 0.490 e. The van der Waals surface area contributed by atoms with Crippen LogP contribution in [0.4, 0.5) is 10.2 Å². The van der Waals surface area contributed by atoms with Gasteiger partial charge in [0.15, 0.2) is 0 Å². The van der Waals surface area contributed by atoms with Gasteiger partial charge in [0, 0.05) is 30.7 Å². The van der Waals surface area contributed by atoms with E-state index < -0.39 is 11.7 Å². The van der Waals surface area contributed by atoms with Crippen molar-refractivity contribution in [3.05, 3.63) is 47.7 Å². The van der Waals surface area contributed by atoms with Crippen LogP contribution in [0.2, 0.25) is 0 Å². The molecule has 3 rings (SSSR count). The number of nitrogens with zero attached hydrogens (tertiary/aromatic N) is 2. The van der Waals surface area contributed by atoms with Crippen molar-refractivity contribution in [2.24, 2.45) is 0 Å². The first-order valence-corrected chi connectivity index (χ1v) is 7.76. The average Bonchev–Trinajstić information content (AvgIpc) is 2.57. The van der Waals surface area contributed by atoms with Crippen LogP contribution in [0.1, 0.15) is 29.0 Å². The van der Waals surface area contributed by atoms with E-state index in [1.807, 2.05) is 0 Å². The third-order valence-corrected chi connectivity index (χ3v) is 3.60. The Bertz CT molecular complexity index is 716. The van der Waals surface area contributed by atoms with E-state index in [1.54, 1.807) is 19.1 Å². The molecule has 3 heterocycles. The normalized spacial score (nSPS) is 15.1. The maximum atomic E-state index is 12.9. The lowest BCUT2D eigenvalue weighted by Gasteiger charge is -2.23. The maximum absolute atomic E-state index is 12.9. The van der Waals surface area contributed by atoms with Crippen molar-refractivity contribution in [3.8, 4) is 5.75 Å². The van der Waals surface area contributed by atoms with E-state index >= 15 is 0 Å². The number of halogens is 1. The number of carbonyl (C=O) groups is 1. The number of hydrogen-bond donors (Lipinski definition) is 1. The third kappa shape index (κ3) is 4.26. The highest BCUT2D eigenvalue weighted by atomic mass is 19.1. The zero-order chi connectivity index (χ0) is 16.9. The lowest BCUT2D eigenvalue weighted by Crippen LogP contribution is -2.26. The Balaban J connectivity index is 1.72. The molecule has 0 atom stereocenters. The van der Waals surface area contributed by atoms with Crippen LogP contribution in [0.25, 0.3) is 0 Å². The van der Waals surface area contributed by atoms with Crippen molar-refractivity contribution in [3.63, 3.8) is 0 Å². The molecular weight excluding hydrogens is 313 g/mol. The average molecular weight is 331 g/mol. The number of carbonyl (C=O) groups excluding carboxylic acids is 1. The first-order chi connectivity index (χ1) is 11.6. The minimum absolute atomic E-state index is 0.0789. The van der Waals surface area contributed by atoms with Crippen molar-refractivity contribution >= 4 is 11.7 Å². The van der Waals surface area contributed by atoms with Crippen LogP contribution < -0.4 is 10.1 Å². The van der Waals surface area contributed by atoms with Gasteiger partial charge in [0.2, 0.25) is 0 Å². The summed E-state index contributed by atoms with van der Waals surface area (Å²) >= 11 is 0. The van der Waals surface area contributed by atoms with Crippen LogP contribution in [0.3, 0.4) is 0 Å². The molecule has 0 aromatic carbocycles. The molecule has 1 fully saturated rings. The first-order valence-electron chi connectivity index (χ1n) is 7.76. The molecule has 2 aromatic heterocycles. The molecule has 1 aliphatic heterocycles. The van der Waals surface area contributed by atoms with Crippen LogP contribution >= 0.6 is 0 Å². The van der Waals surface area contributed by atoms with Crippen LogP contribution in [0, 0.1) is 12.7 Å². The lowest BCUT2D eigenvalue weighted by molar-refractivity contribution is 0.0255. The second kappa shape index (κ2) is 7.35. The van der Waals surface area contributed by atoms with Gasteiger partial charge in [-0.3, -0.25) is 4.79 Å². The minimum atomic E-state index is -0.464. The Morgan fingerprint density at radius 1 is 1.33 bits per heavy atom. The quantitative estimate of drug-likeness (QED) is 0.932. The van der Waals surface area contributed by atoms with Gasteiger partial charge in [-0.05, 0) is 19.1 Å². The summed E-state index contributed by atoms with van der Waals surface area (Å²) in [4.78, 5) is 20.3. The molecule has 0 aliphatic carbocycles. The molecule has 24 heavy (non-hydrogen) atoms. The van der Waals surface area contributed by atoms with Crippen LogP contribution in [-0.4, -0.2) is 35.2 Å². The van der Waals surface area contributed by atoms with Gasteiger partial charge in [-0.2, -0.15) is 0 Å². The topological polar surface area (TPSA) is 73.3 Å². The third-order valence-electron chi connectivity index (χ3n) is 3.60. The van der Waals surface area contributed by atoms with Crippen LogP contribution in [0.15, 0.2) is 30.5 Å². The van der Waals surface area contributed by atoms with Crippen molar-refractivity contribution in [1.82, 2.24) is 9.97 Å². The summed E-state index contributed by atoms with van der Waals surface area (Å²) in [5, 5.41) is 2.59. The Labute approximate surface area is 139 Å². The van der Waals surface area contributed by atoms with Gasteiger partial charge in [0.05, 0.1) is 19.4 Å². The Morgan fingerprint density at radius 2 is 2.12 bits per heavy atom. The highest BCUT2D eigenvalue weighted by molar-refractivity contribution is 6.02. The van der Waals surface area contributed by atoms with E-state index in [0.717, 1.165) is 19.0 Å². The highest BCUT2D eigenvalue weighted by Gasteiger charge is 2.17. The Hall–Kier alpha value is -2.54. The summed E-state index contributed by atoms with van der Waals surface area (Å²) in [5.41, 5.74) is 0.903. The molecule has 6 nitrogen and oxygen atoms in total. The molecule has 2 aromatic rings. The molecule has 0 spiro atoms. The van der Waals surface area contributed by atoms with E-state index in [0.29, 0.717) is 24.7 Å². The molecule has 126 valence electrons. The fourth-order valence-corrected chi connectivity index (χ4v) is 2.44. The van der Waals surface area contributed by atoms with E-state index in [4.69, 9.17) is 9.47 Å². The summed E-state index contributed by atoms with van der Waals surface area (Å²) in [6, 6.07) is 6.01. The Morgan fingerprint density at radius 3 is 2.83 bits per heavy atom. The van der Waals surface area contributed by atoms with E-state index in [2.05, 4.69) is 15.3 Å². The molecule has 0 bridgehead atoms. The van der Waals surface area contributed by atoms with E-state index in [-0.39, 0.29) is 17.6 Å². The fraction of sp³-hybridized carbons (Fsp3) is 0.353. The number of pyridine rings is 2. The molecular formula is C17H18FN3O3. The lowest BCUT2D eigenvalue weighted by atomic mass is 10.1. The number of aryl methyl sites for hydroxylation is 1. The van der Waals surface area contributed by atoms with Gasteiger partial charge in [-0.1, -0.05) is 0 Å². The number of hydrogen-bond acceptors (Lipinski definition) is 5. The van der Waals surface area contributed by atoms with E-state index in [1.165, 1.54) is 12.1 Å². The molecule has 1 N–H and O–H groups in total. The molecule has 7 heteroatoms. The van der Waals surface area contributed by atoms with Crippen molar-refractivity contribution in [1.29, 1.82) is 0 Å².